The Morgan fingerprint density at radius 1 is 1.45 bits per heavy atom. The van der Waals surface area contributed by atoms with Gasteiger partial charge in [-0.3, -0.25) is 0 Å². The summed E-state index contributed by atoms with van der Waals surface area (Å²) in [4.78, 5) is -0.409. The van der Waals surface area contributed by atoms with Gasteiger partial charge in [0.15, 0.2) is 5.82 Å². The molecule has 0 heterocycles. The van der Waals surface area contributed by atoms with Gasteiger partial charge in [-0.05, 0) is 12.1 Å². The van der Waals surface area contributed by atoms with Gasteiger partial charge in [0.25, 0.3) is 0 Å². The first-order valence-electron chi connectivity index (χ1n) is 5.48. The van der Waals surface area contributed by atoms with E-state index in [9.17, 15) is 17.9 Å². The third-order valence-electron chi connectivity index (χ3n) is 2.51. The molecule has 0 amide bonds. The lowest BCUT2D eigenvalue weighted by Crippen LogP contribution is -2.36. The quantitative estimate of drug-likeness (QED) is 0.797. The standard InChI is InChI=1S/C11H14Cl2FNO4S/c1-15(5-7(16)6-19-2)20(17,18)9-4-3-8(12)11(14)10(9)13/h3-4,7,16H,5-6H2,1-2H3. The van der Waals surface area contributed by atoms with Gasteiger partial charge in [-0.1, -0.05) is 23.2 Å². The van der Waals surface area contributed by atoms with Crippen molar-refractivity contribution >= 4 is 33.2 Å². The van der Waals surface area contributed by atoms with Crippen LogP contribution in [0.5, 0.6) is 0 Å². The largest absolute Gasteiger partial charge is 0.389 e. The molecule has 1 rings (SSSR count). The predicted molar refractivity (Wildman–Crippen MR) is 74.1 cm³/mol. The Kier molecular flexibility index (Phi) is 6.18. The molecule has 1 unspecified atom stereocenters. The van der Waals surface area contributed by atoms with E-state index in [4.69, 9.17) is 27.9 Å². The molecule has 1 atom stereocenters. The number of aliphatic hydroxyl groups excluding tert-OH is 1. The van der Waals surface area contributed by atoms with Crippen molar-refractivity contribution in [3.05, 3.63) is 28.0 Å². The van der Waals surface area contributed by atoms with Crippen molar-refractivity contribution in [2.75, 3.05) is 27.3 Å². The first-order chi connectivity index (χ1) is 9.21. The summed E-state index contributed by atoms with van der Waals surface area (Å²) in [6, 6.07) is 2.22. The average Bonchev–Trinajstić information content (AvgIpc) is 2.35. The van der Waals surface area contributed by atoms with Crippen molar-refractivity contribution in [1.82, 2.24) is 4.31 Å². The van der Waals surface area contributed by atoms with E-state index in [0.717, 1.165) is 16.4 Å². The fourth-order valence-electron chi connectivity index (χ4n) is 1.52. The van der Waals surface area contributed by atoms with Gasteiger partial charge in [0, 0.05) is 20.7 Å². The summed E-state index contributed by atoms with van der Waals surface area (Å²) in [6.07, 6.45) is -1.00. The first kappa shape index (κ1) is 17.6. The van der Waals surface area contributed by atoms with E-state index in [-0.39, 0.29) is 18.2 Å². The molecule has 0 saturated heterocycles. The number of hydrogen-bond acceptors (Lipinski definition) is 4. The number of ether oxygens (including phenoxy) is 1. The van der Waals surface area contributed by atoms with Crippen molar-refractivity contribution in [1.29, 1.82) is 0 Å². The third-order valence-corrected chi connectivity index (χ3v) is 5.15. The monoisotopic (exact) mass is 345 g/mol. The van der Waals surface area contributed by atoms with Gasteiger partial charge >= 0.3 is 0 Å². The minimum Gasteiger partial charge on any atom is -0.389 e. The summed E-state index contributed by atoms with van der Waals surface area (Å²) in [5.74, 6) is -1.000. The first-order valence-corrected chi connectivity index (χ1v) is 7.68. The molecule has 0 aliphatic heterocycles. The molecule has 0 saturated carbocycles. The second-order valence-electron chi connectivity index (χ2n) is 4.07. The van der Waals surface area contributed by atoms with E-state index >= 15 is 0 Å². The smallest absolute Gasteiger partial charge is 0.244 e. The van der Waals surface area contributed by atoms with Crippen LogP contribution in [-0.4, -0.2) is 51.2 Å². The average molecular weight is 346 g/mol. The van der Waals surface area contributed by atoms with Crippen LogP contribution in [0, 0.1) is 5.82 Å². The van der Waals surface area contributed by atoms with Crippen molar-refractivity contribution in [3.63, 3.8) is 0 Å². The highest BCUT2D eigenvalue weighted by atomic mass is 35.5. The molecule has 5 nitrogen and oxygen atoms in total. The summed E-state index contributed by atoms with van der Waals surface area (Å²) < 4.78 is 43.6. The zero-order chi connectivity index (χ0) is 15.5. The number of hydrogen-bond donors (Lipinski definition) is 1. The van der Waals surface area contributed by atoms with Gasteiger partial charge in [-0.2, -0.15) is 4.31 Å². The van der Waals surface area contributed by atoms with Crippen LogP contribution < -0.4 is 0 Å². The zero-order valence-electron chi connectivity index (χ0n) is 10.8. The van der Waals surface area contributed by atoms with Gasteiger partial charge in [-0.15, -0.1) is 0 Å². The normalized spacial score (nSPS) is 13.8. The molecule has 20 heavy (non-hydrogen) atoms. The third kappa shape index (κ3) is 3.81. The summed E-state index contributed by atoms with van der Waals surface area (Å²) in [7, 11) is -1.41. The number of benzene rings is 1. The molecule has 1 aromatic rings. The fourth-order valence-corrected chi connectivity index (χ4v) is 3.44. The summed E-state index contributed by atoms with van der Waals surface area (Å²) in [6.45, 7) is -0.237. The lowest BCUT2D eigenvalue weighted by atomic mass is 10.3. The van der Waals surface area contributed by atoms with E-state index in [2.05, 4.69) is 0 Å². The van der Waals surface area contributed by atoms with Gasteiger partial charge in [0.1, 0.15) is 4.90 Å². The second kappa shape index (κ2) is 7.02. The van der Waals surface area contributed by atoms with Crippen molar-refractivity contribution < 1.29 is 22.7 Å². The molecule has 0 aliphatic carbocycles. The SMILES string of the molecule is COCC(O)CN(C)S(=O)(=O)c1ccc(Cl)c(F)c1Cl. The zero-order valence-corrected chi connectivity index (χ0v) is 13.1. The van der Waals surface area contributed by atoms with Crippen LogP contribution in [0.15, 0.2) is 17.0 Å². The number of aliphatic hydroxyl groups is 1. The number of methoxy groups -OCH3 is 1. The Balaban J connectivity index is 3.08. The summed E-state index contributed by atoms with van der Waals surface area (Å²) in [5, 5.41) is 8.69. The number of halogens is 3. The fraction of sp³-hybridized carbons (Fsp3) is 0.455. The number of sulfonamides is 1. The van der Waals surface area contributed by atoms with Crippen molar-refractivity contribution in [3.8, 4) is 0 Å². The van der Waals surface area contributed by atoms with Crippen LogP contribution in [0.3, 0.4) is 0 Å². The Morgan fingerprint density at radius 3 is 2.60 bits per heavy atom. The minimum absolute atomic E-state index is 0.0252. The Labute approximate surface area is 126 Å². The highest BCUT2D eigenvalue weighted by Gasteiger charge is 2.27. The number of likely N-dealkylation sites (N-methyl/N-ethyl adjacent to an activating group) is 1. The van der Waals surface area contributed by atoms with Gasteiger partial charge < -0.3 is 9.84 Å². The molecule has 0 aliphatic rings. The van der Waals surface area contributed by atoms with Crippen molar-refractivity contribution in [2.24, 2.45) is 0 Å². The van der Waals surface area contributed by atoms with E-state index in [1.807, 2.05) is 0 Å². The molecule has 1 N–H and O–H groups in total. The highest BCUT2D eigenvalue weighted by molar-refractivity contribution is 7.89. The Hall–Kier alpha value is -0.440. The van der Waals surface area contributed by atoms with Gasteiger partial charge in [-0.25, -0.2) is 12.8 Å². The number of nitrogens with zero attached hydrogens (tertiary/aromatic N) is 1. The van der Waals surface area contributed by atoms with Crippen LogP contribution in [0.4, 0.5) is 4.39 Å². The van der Waals surface area contributed by atoms with E-state index in [0.29, 0.717) is 0 Å². The Morgan fingerprint density at radius 2 is 2.05 bits per heavy atom. The Bertz CT molecular complexity index is 582. The topological polar surface area (TPSA) is 66.8 Å². The maximum Gasteiger partial charge on any atom is 0.244 e. The molecule has 1 aromatic carbocycles. The van der Waals surface area contributed by atoms with Crippen LogP contribution >= 0.6 is 23.2 Å². The molecule has 0 radical (unpaired) electrons. The minimum atomic E-state index is -4.04. The number of rotatable bonds is 6. The molecular formula is C11H14Cl2FNO4S. The lowest BCUT2D eigenvalue weighted by molar-refractivity contribution is 0.0554. The van der Waals surface area contributed by atoms with Crippen LogP contribution in [0.25, 0.3) is 0 Å². The predicted octanol–water partition coefficient (Wildman–Crippen LogP) is 1.76. The second-order valence-corrected chi connectivity index (χ2v) is 6.87. The van der Waals surface area contributed by atoms with Crippen molar-refractivity contribution in [2.45, 2.75) is 11.0 Å². The summed E-state index contributed by atoms with van der Waals surface area (Å²) >= 11 is 11.2. The molecular weight excluding hydrogens is 332 g/mol. The molecule has 114 valence electrons. The molecule has 9 heteroatoms. The van der Waals surface area contributed by atoms with Gasteiger partial charge in [0.2, 0.25) is 10.0 Å². The lowest BCUT2D eigenvalue weighted by Gasteiger charge is -2.21. The maximum absolute atomic E-state index is 13.6. The molecule has 0 aromatic heterocycles. The molecule has 0 bridgehead atoms. The molecule has 0 spiro atoms. The van der Waals surface area contributed by atoms with E-state index in [1.165, 1.54) is 14.2 Å². The molecule has 0 fully saturated rings. The van der Waals surface area contributed by atoms with E-state index in [1.54, 1.807) is 0 Å². The van der Waals surface area contributed by atoms with Gasteiger partial charge in [0.05, 0.1) is 22.8 Å². The summed E-state index contributed by atoms with van der Waals surface area (Å²) in [5.41, 5.74) is 0. The van der Waals surface area contributed by atoms with E-state index < -0.39 is 31.9 Å². The van der Waals surface area contributed by atoms with Crippen LogP contribution in [0.1, 0.15) is 0 Å². The highest BCUT2D eigenvalue weighted by Crippen LogP contribution is 2.30. The van der Waals surface area contributed by atoms with Crippen LogP contribution in [0.2, 0.25) is 10.0 Å². The maximum atomic E-state index is 13.6. The van der Waals surface area contributed by atoms with Crippen LogP contribution in [-0.2, 0) is 14.8 Å².